The number of amides is 1. The van der Waals surface area contributed by atoms with Gasteiger partial charge >= 0.3 is 0 Å². The molecule has 1 aromatic heterocycles. The van der Waals surface area contributed by atoms with Crippen LogP contribution in [0.3, 0.4) is 0 Å². The highest BCUT2D eigenvalue weighted by atomic mass is 16.2. The Balaban J connectivity index is 1.63. The Morgan fingerprint density at radius 3 is 2.64 bits per heavy atom. The van der Waals surface area contributed by atoms with Crippen molar-refractivity contribution in [2.45, 2.75) is 25.8 Å². The average Bonchev–Trinajstić information content (AvgIpc) is 3.16. The number of benzene rings is 2. The van der Waals surface area contributed by atoms with Gasteiger partial charge in [-0.15, -0.1) is 0 Å². The van der Waals surface area contributed by atoms with E-state index in [0.717, 1.165) is 16.5 Å². The molecule has 0 saturated carbocycles. The highest BCUT2D eigenvalue weighted by Crippen LogP contribution is 2.29. The van der Waals surface area contributed by atoms with Crippen LogP contribution in [-0.4, -0.2) is 34.9 Å². The lowest BCUT2D eigenvalue weighted by molar-refractivity contribution is 0.0783. The van der Waals surface area contributed by atoms with E-state index < -0.39 is 0 Å². The van der Waals surface area contributed by atoms with Gasteiger partial charge < -0.3 is 15.6 Å². The molecular weight excluding hydrogens is 310 g/mol. The number of aryl methyl sites for hydroxylation is 2. The van der Waals surface area contributed by atoms with E-state index in [1.807, 2.05) is 36.1 Å². The zero-order chi connectivity index (χ0) is 17.6. The van der Waals surface area contributed by atoms with E-state index in [1.165, 1.54) is 11.1 Å². The molecule has 0 spiro atoms. The Morgan fingerprint density at radius 1 is 1.12 bits per heavy atom. The number of hydrogen-bond acceptors (Lipinski definition) is 2. The summed E-state index contributed by atoms with van der Waals surface area (Å²) in [4.78, 5) is 18.3. The Morgan fingerprint density at radius 2 is 1.88 bits per heavy atom. The fourth-order valence-electron chi connectivity index (χ4n) is 3.86. The SMILES string of the molecule is Cc1ccc2[nH]c(C(=O)N3C[C@H](c4ccccc4)[C@@H](N)C3)c(C)c2c1. The highest BCUT2D eigenvalue weighted by Gasteiger charge is 2.35. The second-order valence-corrected chi connectivity index (χ2v) is 7.07. The van der Waals surface area contributed by atoms with Crippen LogP contribution in [0.25, 0.3) is 10.9 Å². The van der Waals surface area contributed by atoms with Crippen LogP contribution in [-0.2, 0) is 0 Å². The Bertz CT molecular complexity index is 929. The summed E-state index contributed by atoms with van der Waals surface area (Å²) in [5.74, 6) is 0.234. The first-order valence-corrected chi connectivity index (χ1v) is 8.73. The molecule has 4 rings (SSSR count). The molecule has 0 unspecified atom stereocenters. The van der Waals surface area contributed by atoms with Crippen LogP contribution >= 0.6 is 0 Å². The number of nitrogens with zero attached hydrogens (tertiary/aromatic N) is 1. The molecule has 2 aromatic carbocycles. The molecule has 1 saturated heterocycles. The lowest BCUT2D eigenvalue weighted by Gasteiger charge is -2.16. The Labute approximate surface area is 147 Å². The fourth-order valence-corrected chi connectivity index (χ4v) is 3.86. The van der Waals surface area contributed by atoms with Gasteiger partial charge in [-0.3, -0.25) is 4.79 Å². The topological polar surface area (TPSA) is 62.1 Å². The summed E-state index contributed by atoms with van der Waals surface area (Å²) in [6, 6.07) is 16.4. The van der Waals surface area contributed by atoms with Gasteiger partial charge in [0.2, 0.25) is 0 Å². The first-order valence-electron chi connectivity index (χ1n) is 8.73. The van der Waals surface area contributed by atoms with Crippen LogP contribution in [0.4, 0.5) is 0 Å². The van der Waals surface area contributed by atoms with Gasteiger partial charge in [0, 0.05) is 36.0 Å². The molecule has 1 amide bonds. The number of fused-ring (bicyclic) bond motifs is 1. The van der Waals surface area contributed by atoms with Gasteiger partial charge in [-0.2, -0.15) is 0 Å². The van der Waals surface area contributed by atoms with Crippen molar-refractivity contribution in [3.63, 3.8) is 0 Å². The van der Waals surface area contributed by atoms with Crippen LogP contribution in [0.2, 0.25) is 0 Å². The minimum absolute atomic E-state index is 0.0294. The van der Waals surface area contributed by atoms with Gasteiger partial charge in [-0.1, -0.05) is 42.0 Å². The number of aromatic nitrogens is 1. The van der Waals surface area contributed by atoms with Crippen LogP contribution in [0, 0.1) is 13.8 Å². The third-order valence-corrected chi connectivity index (χ3v) is 5.31. The maximum atomic E-state index is 13.1. The molecule has 4 heteroatoms. The van der Waals surface area contributed by atoms with E-state index in [4.69, 9.17) is 5.73 Å². The van der Waals surface area contributed by atoms with E-state index in [-0.39, 0.29) is 17.9 Å². The van der Waals surface area contributed by atoms with Gasteiger partial charge in [0.05, 0.1) is 0 Å². The van der Waals surface area contributed by atoms with Gasteiger partial charge in [0.15, 0.2) is 0 Å². The average molecular weight is 333 g/mol. The maximum Gasteiger partial charge on any atom is 0.270 e. The van der Waals surface area contributed by atoms with E-state index in [0.29, 0.717) is 18.8 Å². The maximum absolute atomic E-state index is 13.1. The summed E-state index contributed by atoms with van der Waals surface area (Å²) in [5.41, 5.74) is 11.4. The van der Waals surface area contributed by atoms with E-state index in [1.54, 1.807) is 0 Å². The second kappa shape index (κ2) is 6.05. The third-order valence-electron chi connectivity index (χ3n) is 5.31. The third kappa shape index (κ3) is 2.72. The van der Waals surface area contributed by atoms with Crippen molar-refractivity contribution < 1.29 is 4.79 Å². The summed E-state index contributed by atoms with van der Waals surface area (Å²) in [7, 11) is 0. The zero-order valence-electron chi connectivity index (χ0n) is 14.6. The van der Waals surface area contributed by atoms with Gasteiger partial charge in [-0.05, 0) is 37.1 Å². The Kier molecular flexibility index (Phi) is 3.85. The summed E-state index contributed by atoms with van der Waals surface area (Å²) >= 11 is 0. The molecule has 1 aliphatic heterocycles. The van der Waals surface area contributed by atoms with Gasteiger partial charge in [-0.25, -0.2) is 0 Å². The first kappa shape index (κ1) is 15.9. The molecule has 0 aliphatic carbocycles. The monoisotopic (exact) mass is 333 g/mol. The van der Waals surface area contributed by atoms with Crippen molar-refractivity contribution in [3.05, 3.63) is 70.9 Å². The number of hydrogen-bond donors (Lipinski definition) is 2. The summed E-state index contributed by atoms with van der Waals surface area (Å²) in [6.07, 6.45) is 0. The van der Waals surface area contributed by atoms with Crippen LogP contribution in [0.15, 0.2) is 48.5 Å². The number of likely N-dealkylation sites (tertiary alicyclic amines) is 1. The molecule has 1 fully saturated rings. The normalized spacial score (nSPS) is 20.4. The predicted molar refractivity (Wildman–Crippen MR) is 101 cm³/mol. The lowest BCUT2D eigenvalue weighted by atomic mass is 9.95. The number of nitrogens with two attached hydrogens (primary N) is 1. The van der Waals surface area contributed by atoms with Crippen molar-refractivity contribution in [3.8, 4) is 0 Å². The standard InChI is InChI=1S/C21H23N3O/c1-13-8-9-19-16(10-13)14(2)20(23-19)21(25)24-11-17(18(22)12-24)15-6-4-3-5-7-15/h3-10,17-18,23H,11-12,22H2,1-2H3/t17-,18+/m1/s1. The van der Waals surface area contributed by atoms with Crippen molar-refractivity contribution >= 4 is 16.8 Å². The number of carbonyl (C=O) groups excluding carboxylic acids is 1. The quantitative estimate of drug-likeness (QED) is 0.755. The molecule has 3 N–H and O–H groups in total. The second-order valence-electron chi connectivity index (χ2n) is 7.07. The molecule has 0 bridgehead atoms. The minimum atomic E-state index is -0.0294. The summed E-state index contributed by atoms with van der Waals surface area (Å²) < 4.78 is 0. The van der Waals surface area contributed by atoms with Crippen LogP contribution in [0.5, 0.6) is 0 Å². The number of rotatable bonds is 2. The molecule has 2 atom stereocenters. The molecular formula is C21H23N3O. The minimum Gasteiger partial charge on any atom is -0.350 e. The predicted octanol–water partition coefficient (Wildman–Crippen LogP) is 3.35. The molecule has 2 heterocycles. The molecule has 25 heavy (non-hydrogen) atoms. The lowest BCUT2D eigenvalue weighted by Crippen LogP contribution is -2.32. The van der Waals surface area contributed by atoms with E-state index >= 15 is 0 Å². The summed E-state index contributed by atoms with van der Waals surface area (Å²) in [5, 5.41) is 1.12. The Hall–Kier alpha value is -2.59. The largest absolute Gasteiger partial charge is 0.350 e. The van der Waals surface area contributed by atoms with Gasteiger partial charge in [0.1, 0.15) is 5.69 Å². The number of carbonyl (C=O) groups is 1. The van der Waals surface area contributed by atoms with Gasteiger partial charge in [0.25, 0.3) is 5.91 Å². The fraction of sp³-hybridized carbons (Fsp3) is 0.286. The van der Waals surface area contributed by atoms with Crippen molar-refractivity contribution in [1.82, 2.24) is 9.88 Å². The zero-order valence-corrected chi connectivity index (χ0v) is 14.6. The first-order chi connectivity index (χ1) is 12.0. The number of H-pyrrole nitrogens is 1. The summed E-state index contributed by atoms with van der Waals surface area (Å²) in [6.45, 7) is 5.33. The smallest absolute Gasteiger partial charge is 0.270 e. The molecule has 1 aliphatic rings. The molecule has 128 valence electrons. The highest BCUT2D eigenvalue weighted by molar-refractivity contribution is 6.01. The van der Waals surface area contributed by atoms with Crippen molar-refractivity contribution in [1.29, 1.82) is 0 Å². The number of nitrogens with one attached hydrogen (secondary N) is 1. The number of aromatic amines is 1. The van der Waals surface area contributed by atoms with Crippen molar-refractivity contribution in [2.75, 3.05) is 13.1 Å². The van der Waals surface area contributed by atoms with Crippen LogP contribution in [0.1, 0.15) is 33.1 Å². The van der Waals surface area contributed by atoms with Crippen LogP contribution < -0.4 is 5.73 Å². The molecule has 4 nitrogen and oxygen atoms in total. The van der Waals surface area contributed by atoms with E-state index in [9.17, 15) is 4.79 Å². The van der Waals surface area contributed by atoms with Crippen molar-refractivity contribution in [2.24, 2.45) is 5.73 Å². The molecule has 3 aromatic rings. The van der Waals surface area contributed by atoms with E-state index in [2.05, 4.69) is 36.2 Å². The molecule has 0 radical (unpaired) electrons.